The molecule has 0 aliphatic carbocycles. The smallest absolute Gasteiger partial charge is 0.126 e. The van der Waals surface area contributed by atoms with E-state index >= 15 is 0 Å². The van der Waals surface area contributed by atoms with Crippen molar-refractivity contribution in [1.82, 2.24) is 4.90 Å². The topological polar surface area (TPSA) is 38.5 Å². The first kappa shape index (κ1) is 15.1. The second-order valence-corrected chi connectivity index (χ2v) is 4.59. The molecule has 0 saturated carbocycles. The summed E-state index contributed by atoms with van der Waals surface area (Å²) in [5, 5.41) is 0. The third-order valence-electron chi connectivity index (χ3n) is 3.18. The summed E-state index contributed by atoms with van der Waals surface area (Å²) >= 11 is 0. The number of halogens is 1. The fraction of sp³-hybridized carbons (Fsp3) is 0.571. The SMILES string of the molecule is COCCCN(C)C(CN)c1ccc(F)c(C)c1. The summed E-state index contributed by atoms with van der Waals surface area (Å²) in [6, 6.07) is 5.32. The molecule has 1 atom stereocenters. The van der Waals surface area contributed by atoms with Gasteiger partial charge in [0, 0.05) is 32.8 Å². The molecule has 0 spiro atoms. The molecule has 1 unspecified atom stereocenters. The van der Waals surface area contributed by atoms with Crippen LogP contribution in [0.25, 0.3) is 0 Å². The number of aryl methyl sites for hydroxylation is 1. The van der Waals surface area contributed by atoms with Crippen LogP contribution >= 0.6 is 0 Å². The molecule has 0 radical (unpaired) electrons. The van der Waals surface area contributed by atoms with Crippen molar-refractivity contribution in [2.45, 2.75) is 19.4 Å². The number of methoxy groups -OCH3 is 1. The van der Waals surface area contributed by atoms with Crippen LogP contribution in [0.15, 0.2) is 18.2 Å². The van der Waals surface area contributed by atoms with Gasteiger partial charge in [-0.05, 0) is 37.6 Å². The highest BCUT2D eigenvalue weighted by molar-refractivity contribution is 5.26. The van der Waals surface area contributed by atoms with Gasteiger partial charge in [0.1, 0.15) is 5.82 Å². The Labute approximate surface area is 109 Å². The van der Waals surface area contributed by atoms with Crippen LogP contribution < -0.4 is 5.73 Å². The number of nitrogens with zero attached hydrogens (tertiary/aromatic N) is 1. The number of hydrogen-bond donors (Lipinski definition) is 1. The van der Waals surface area contributed by atoms with E-state index < -0.39 is 0 Å². The third-order valence-corrected chi connectivity index (χ3v) is 3.18. The van der Waals surface area contributed by atoms with Gasteiger partial charge >= 0.3 is 0 Å². The summed E-state index contributed by atoms with van der Waals surface area (Å²) < 4.78 is 18.3. The van der Waals surface area contributed by atoms with Crippen molar-refractivity contribution in [3.63, 3.8) is 0 Å². The molecule has 0 heterocycles. The van der Waals surface area contributed by atoms with Crippen molar-refractivity contribution in [2.24, 2.45) is 5.73 Å². The van der Waals surface area contributed by atoms with Crippen molar-refractivity contribution in [3.8, 4) is 0 Å². The minimum Gasteiger partial charge on any atom is -0.385 e. The van der Waals surface area contributed by atoms with Crippen LogP contribution in [0.3, 0.4) is 0 Å². The fourth-order valence-electron chi connectivity index (χ4n) is 2.06. The molecule has 0 aliphatic rings. The molecule has 18 heavy (non-hydrogen) atoms. The van der Waals surface area contributed by atoms with E-state index in [1.807, 2.05) is 19.2 Å². The Balaban J connectivity index is 2.72. The number of likely N-dealkylation sites (N-methyl/N-ethyl adjacent to an activating group) is 1. The molecule has 0 amide bonds. The van der Waals surface area contributed by atoms with Gasteiger partial charge in [0.25, 0.3) is 0 Å². The Kier molecular flexibility index (Phi) is 6.25. The van der Waals surface area contributed by atoms with Crippen molar-refractivity contribution in [2.75, 3.05) is 33.9 Å². The largest absolute Gasteiger partial charge is 0.385 e. The van der Waals surface area contributed by atoms with Crippen molar-refractivity contribution < 1.29 is 9.13 Å². The molecule has 1 aromatic carbocycles. The van der Waals surface area contributed by atoms with E-state index in [0.717, 1.165) is 25.1 Å². The summed E-state index contributed by atoms with van der Waals surface area (Å²) in [5.74, 6) is -0.170. The lowest BCUT2D eigenvalue weighted by Crippen LogP contribution is -2.31. The van der Waals surface area contributed by atoms with E-state index in [2.05, 4.69) is 4.90 Å². The third kappa shape index (κ3) is 4.05. The lowest BCUT2D eigenvalue weighted by Gasteiger charge is -2.27. The molecule has 1 rings (SSSR count). The Bertz CT molecular complexity index is 371. The van der Waals surface area contributed by atoms with Gasteiger partial charge in [-0.2, -0.15) is 0 Å². The Morgan fingerprint density at radius 1 is 1.44 bits per heavy atom. The molecular weight excluding hydrogens is 231 g/mol. The fourth-order valence-corrected chi connectivity index (χ4v) is 2.06. The van der Waals surface area contributed by atoms with E-state index in [9.17, 15) is 4.39 Å². The average Bonchev–Trinajstić information content (AvgIpc) is 2.35. The molecule has 0 fully saturated rings. The summed E-state index contributed by atoms with van der Waals surface area (Å²) in [6.45, 7) is 3.95. The molecule has 4 heteroatoms. The van der Waals surface area contributed by atoms with E-state index in [4.69, 9.17) is 10.5 Å². The highest BCUT2D eigenvalue weighted by atomic mass is 19.1. The van der Waals surface area contributed by atoms with Crippen LogP contribution in [-0.4, -0.2) is 38.8 Å². The molecule has 0 aliphatic heterocycles. The number of rotatable bonds is 7. The first-order valence-corrected chi connectivity index (χ1v) is 6.25. The molecule has 2 N–H and O–H groups in total. The molecule has 0 aromatic heterocycles. The first-order valence-electron chi connectivity index (χ1n) is 6.25. The van der Waals surface area contributed by atoms with Gasteiger partial charge in [0.2, 0.25) is 0 Å². The van der Waals surface area contributed by atoms with Crippen LogP contribution in [0.5, 0.6) is 0 Å². The lowest BCUT2D eigenvalue weighted by atomic mass is 10.0. The Morgan fingerprint density at radius 2 is 2.17 bits per heavy atom. The average molecular weight is 254 g/mol. The Morgan fingerprint density at radius 3 is 2.72 bits per heavy atom. The number of ether oxygens (including phenoxy) is 1. The van der Waals surface area contributed by atoms with Crippen LogP contribution in [0.1, 0.15) is 23.6 Å². The Hall–Kier alpha value is -0.970. The van der Waals surface area contributed by atoms with E-state index in [0.29, 0.717) is 12.1 Å². The zero-order valence-corrected chi connectivity index (χ0v) is 11.4. The highest BCUT2D eigenvalue weighted by Crippen LogP contribution is 2.20. The minimum absolute atomic E-state index is 0.126. The predicted octanol–water partition coefficient (Wildman–Crippen LogP) is 2.10. The maximum atomic E-state index is 13.3. The van der Waals surface area contributed by atoms with Crippen LogP contribution in [0.4, 0.5) is 4.39 Å². The van der Waals surface area contributed by atoms with Gasteiger partial charge in [-0.25, -0.2) is 4.39 Å². The molecule has 0 saturated heterocycles. The van der Waals surface area contributed by atoms with Gasteiger partial charge in [-0.1, -0.05) is 12.1 Å². The summed E-state index contributed by atoms with van der Waals surface area (Å²) in [4.78, 5) is 2.19. The maximum absolute atomic E-state index is 13.3. The number of benzene rings is 1. The van der Waals surface area contributed by atoms with Crippen LogP contribution in [0.2, 0.25) is 0 Å². The predicted molar refractivity (Wildman–Crippen MR) is 72.1 cm³/mol. The molecule has 102 valence electrons. The van der Waals surface area contributed by atoms with Gasteiger partial charge in [0.05, 0.1) is 0 Å². The first-order chi connectivity index (χ1) is 8.60. The molecule has 1 aromatic rings. The molecule has 3 nitrogen and oxygen atoms in total. The molecular formula is C14H23FN2O. The van der Waals surface area contributed by atoms with Gasteiger partial charge in [-0.3, -0.25) is 4.90 Å². The maximum Gasteiger partial charge on any atom is 0.126 e. The normalized spacial score (nSPS) is 13.0. The second-order valence-electron chi connectivity index (χ2n) is 4.59. The van der Waals surface area contributed by atoms with Crippen LogP contribution in [0, 0.1) is 12.7 Å². The standard InChI is InChI=1S/C14H23FN2O/c1-11-9-12(5-6-13(11)15)14(10-16)17(2)7-4-8-18-3/h5-6,9,14H,4,7-8,10,16H2,1-3H3. The quantitative estimate of drug-likeness (QED) is 0.757. The lowest BCUT2D eigenvalue weighted by molar-refractivity contribution is 0.166. The van der Waals surface area contributed by atoms with Crippen molar-refractivity contribution in [3.05, 3.63) is 35.1 Å². The van der Waals surface area contributed by atoms with Crippen molar-refractivity contribution >= 4 is 0 Å². The highest BCUT2D eigenvalue weighted by Gasteiger charge is 2.15. The van der Waals surface area contributed by atoms with E-state index in [1.165, 1.54) is 6.07 Å². The summed E-state index contributed by atoms with van der Waals surface area (Å²) in [6.07, 6.45) is 0.962. The zero-order valence-electron chi connectivity index (χ0n) is 11.4. The van der Waals surface area contributed by atoms with Gasteiger partial charge in [-0.15, -0.1) is 0 Å². The summed E-state index contributed by atoms with van der Waals surface area (Å²) in [5.41, 5.74) is 7.56. The van der Waals surface area contributed by atoms with Crippen LogP contribution in [-0.2, 0) is 4.74 Å². The second kappa shape index (κ2) is 7.46. The van der Waals surface area contributed by atoms with Crippen molar-refractivity contribution in [1.29, 1.82) is 0 Å². The van der Waals surface area contributed by atoms with Gasteiger partial charge in [0.15, 0.2) is 0 Å². The minimum atomic E-state index is -0.170. The van der Waals surface area contributed by atoms with E-state index in [-0.39, 0.29) is 11.9 Å². The number of nitrogens with two attached hydrogens (primary N) is 1. The molecule has 0 bridgehead atoms. The monoisotopic (exact) mass is 254 g/mol. The number of hydrogen-bond acceptors (Lipinski definition) is 3. The van der Waals surface area contributed by atoms with E-state index in [1.54, 1.807) is 14.0 Å². The summed E-state index contributed by atoms with van der Waals surface area (Å²) in [7, 11) is 3.73. The zero-order chi connectivity index (χ0) is 13.5. The van der Waals surface area contributed by atoms with Gasteiger partial charge < -0.3 is 10.5 Å².